The largest absolute Gasteiger partial charge is 0.378 e. The van der Waals surface area contributed by atoms with Crippen molar-refractivity contribution in [1.29, 1.82) is 0 Å². The predicted octanol–water partition coefficient (Wildman–Crippen LogP) is 4.01. The Morgan fingerprint density at radius 3 is 2.86 bits per heavy atom. The molecule has 6 nitrogen and oxygen atoms in total. The van der Waals surface area contributed by atoms with Crippen LogP contribution in [0.4, 0.5) is 8.78 Å². The molecule has 0 radical (unpaired) electrons. The van der Waals surface area contributed by atoms with Crippen LogP contribution in [0.3, 0.4) is 0 Å². The average Bonchev–Trinajstić information content (AvgIpc) is 3.08. The molecule has 0 amide bonds. The van der Waals surface area contributed by atoms with E-state index in [4.69, 9.17) is 9.72 Å². The molecule has 0 bridgehead atoms. The Labute approximate surface area is 162 Å². The molecular weight excluding hydrogens is 366 g/mol. The highest BCUT2D eigenvalue weighted by molar-refractivity contribution is 5.73. The first-order valence-corrected chi connectivity index (χ1v) is 10.4. The maximum atomic E-state index is 13.5. The number of alkyl halides is 2. The number of halogens is 2. The average molecular weight is 394 g/mol. The predicted molar refractivity (Wildman–Crippen MR) is 102 cm³/mol. The normalized spacial score (nSPS) is 26.0. The first-order chi connectivity index (χ1) is 13.5. The van der Waals surface area contributed by atoms with Gasteiger partial charge in [-0.15, -0.1) is 0 Å². The van der Waals surface area contributed by atoms with E-state index in [1.807, 2.05) is 0 Å². The van der Waals surface area contributed by atoms with Gasteiger partial charge in [-0.3, -0.25) is 4.79 Å². The van der Waals surface area contributed by atoms with Crippen LogP contribution < -0.4 is 5.56 Å². The maximum Gasteiger partial charge on any atom is 0.262 e. The van der Waals surface area contributed by atoms with Crippen LogP contribution in [0, 0.1) is 5.92 Å². The molecule has 1 saturated heterocycles. The van der Waals surface area contributed by atoms with Gasteiger partial charge < -0.3 is 9.72 Å². The van der Waals surface area contributed by atoms with Crippen molar-refractivity contribution in [3.8, 4) is 0 Å². The fourth-order valence-electron chi connectivity index (χ4n) is 4.60. The molecule has 8 heteroatoms. The highest BCUT2D eigenvalue weighted by Crippen LogP contribution is 2.38. The number of ether oxygens (including phenoxy) is 1. The molecule has 2 aliphatic rings. The monoisotopic (exact) mass is 394 g/mol. The van der Waals surface area contributed by atoms with Crippen molar-refractivity contribution >= 4 is 11.0 Å². The minimum absolute atomic E-state index is 0.134. The molecule has 28 heavy (non-hydrogen) atoms. The number of aromatic nitrogens is 4. The lowest BCUT2D eigenvalue weighted by molar-refractivity contribution is -0.0446. The molecule has 1 aliphatic heterocycles. The van der Waals surface area contributed by atoms with E-state index < -0.39 is 5.92 Å². The molecule has 1 saturated carbocycles. The van der Waals surface area contributed by atoms with Crippen LogP contribution in [0.5, 0.6) is 0 Å². The molecule has 0 aromatic carbocycles. The molecule has 0 unspecified atom stereocenters. The second-order valence-electron chi connectivity index (χ2n) is 8.23. The summed E-state index contributed by atoms with van der Waals surface area (Å²) < 4.78 is 34.6. The van der Waals surface area contributed by atoms with Gasteiger partial charge in [-0.1, -0.05) is 13.3 Å². The summed E-state index contributed by atoms with van der Waals surface area (Å²) in [5, 5.41) is 4.75. The van der Waals surface area contributed by atoms with Crippen molar-refractivity contribution in [2.75, 3.05) is 6.61 Å². The third kappa shape index (κ3) is 3.97. The van der Waals surface area contributed by atoms with E-state index >= 15 is 0 Å². The van der Waals surface area contributed by atoms with Crippen LogP contribution in [-0.2, 0) is 11.2 Å². The number of nitrogens with zero attached hydrogens (tertiary/aromatic N) is 3. The summed E-state index contributed by atoms with van der Waals surface area (Å²) in [6.07, 6.45) is 6.91. The number of hydrogen-bond donors (Lipinski definition) is 1. The second kappa shape index (κ2) is 7.89. The van der Waals surface area contributed by atoms with Crippen molar-refractivity contribution in [1.82, 2.24) is 19.7 Å². The number of aromatic amines is 1. The molecule has 154 valence electrons. The first kappa shape index (κ1) is 19.5. The van der Waals surface area contributed by atoms with Crippen molar-refractivity contribution in [2.45, 2.75) is 82.8 Å². The summed E-state index contributed by atoms with van der Waals surface area (Å²) in [6, 6.07) is -0.134. The molecule has 3 heterocycles. The maximum absolute atomic E-state index is 13.5. The van der Waals surface area contributed by atoms with E-state index in [1.54, 1.807) is 4.68 Å². The highest BCUT2D eigenvalue weighted by atomic mass is 19.3. The second-order valence-corrected chi connectivity index (χ2v) is 8.23. The summed E-state index contributed by atoms with van der Waals surface area (Å²) >= 11 is 0. The fourth-order valence-corrected chi connectivity index (χ4v) is 4.60. The van der Waals surface area contributed by atoms with Crippen LogP contribution in [0.25, 0.3) is 11.0 Å². The molecule has 2 atom stereocenters. The summed E-state index contributed by atoms with van der Waals surface area (Å²) in [6.45, 7) is 2.94. The molecule has 2 aromatic rings. The zero-order chi connectivity index (χ0) is 19.7. The van der Waals surface area contributed by atoms with E-state index in [2.05, 4.69) is 17.0 Å². The minimum Gasteiger partial charge on any atom is -0.378 e. The molecule has 2 aromatic heterocycles. The summed E-state index contributed by atoms with van der Waals surface area (Å²) in [5.41, 5.74) is 0.300. The molecule has 0 spiro atoms. The number of nitrogens with one attached hydrogen (secondary N) is 1. The quantitative estimate of drug-likeness (QED) is 0.832. The number of H-pyrrole nitrogens is 1. The lowest BCUT2D eigenvalue weighted by Gasteiger charge is -2.31. The summed E-state index contributed by atoms with van der Waals surface area (Å²) in [4.78, 5) is 20.1. The van der Waals surface area contributed by atoms with Gasteiger partial charge >= 0.3 is 0 Å². The van der Waals surface area contributed by atoms with Gasteiger partial charge in [0, 0.05) is 25.9 Å². The molecule has 4 rings (SSSR count). The number of hydrogen-bond acceptors (Lipinski definition) is 4. The van der Waals surface area contributed by atoms with Gasteiger partial charge in [0.15, 0.2) is 5.65 Å². The van der Waals surface area contributed by atoms with Crippen molar-refractivity contribution in [3.63, 3.8) is 0 Å². The van der Waals surface area contributed by atoms with Gasteiger partial charge in [0.05, 0.1) is 18.3 Å². The number of rotatable bonds is 5. The van der Waals surface area contributed by atoms with E-state index in [0.717, 1.165) is 32.3 Å². The topological polar surface area (TPSA) is 72.8 Å². The molecule has 1 aliphatic carbocycles. The van der Waals surface area contributed by atoms with Gasteiger partial charge in [0.2, 0.25) is 5.92 Å². The van der Waals surface area contributed by atoms with Crippen molar-refractivity contribution < 1.29 is 13.5 Å². The lowest BCUT2D eigenvalue weighted by atomic mass is 9.88. The smallest absolute Gasteiger partial charge is 0.262 e. The molecular formula is C20H28F2N4O2. The highest BCUT2D eigenvalue weighted by Gasteiger charge is 2.36. The zero-order valence-corrected chi connectivity index (χ0v) is 16.3. The number of fused-ring (bicyclic) bond motifs is 1. The lowest BCUT2D eigenvalue weighted by Crippen LogP contribution is -2.32. The fraction of sp³-hybridized carbons (Fsp3) is 0.750. The van der Waals surface area contributed by atoms with Crippen LogP contribution in [0.1, 0.15) is 70.2 Å². The standard InChI is InChI=1S/C20H28F2N4O2/c1-2-4-16-13(5-3-10-28-16)11-17-24-18-15(19(27)25-17)12-23-26(18)14-6-8-20(21,22)9-7-14/h12-14,16H,2-11H2,1H3,(H,24,25,27)/t13-,16-/m0/s1. The summed E-state index contributed by atoms with van der Waals surface area (Å²) in [7, 11) is 0. The van der Waals surface area contributed by atoms with Gasteiger partial charge in [-0.05, 0) is 38.0 Å². The Hall–Kier alpha value is -1.83. The first-order valence-electron chi connectivity index (χ1n) is 10.4. The molecule has 2 fully saturated rings. The van der Waals surface area contributed by atoms with Gasteiger partial charge in [0.25, 0.3) is 5.56 Å². The zero-order valence-electron chi connectivity index (χ0n) is 16.3. The third-order valence-corrected chi connectivity index (χ3v) is 6.15. The Kier molecular flexibility index (Phi) is 5.49. The van der Waals surface area contributed by atoms with E-state index in [-0.39, 0.29) is 30.5 Å². The SMILES string of the molecule is CCC[C@@H]1OCCC[C@H]1Cc1nc2c(cnn2C2CCC(F)(F)CC2)c(=O)[nH]1. The van der Waals surface area contributed by atoms with E-state index in [0.29, 0.717) is 42.0 Å². The van der Waals surface area contributed by atoms with Crippen LogP contribution in [0.15, 0.2) is 11.0 Å². The van der Waals surface area contributed by atoms with Gasteiger partial charge in [-0.2, -0.15) is 5.10 Å². The third-order valence-electron chi connectivity index (χ3n) is 6.15. The Bertz CT molecular complexity index is 867. The Morgan fingerprint density at radius 2 is 2.11 bits per heavy atom. The van der Waals surface area contributed by atoms with Crippen LogP contribution in [0.2, 0.25) is 0 Å². The van der Waals surface area contributed by atoms with Crippen molar-refractivity contribution in [3.05, 3.63) is 22.4 Å². The van der Waals surface area contributed by atoms with Gasteiger partial charge in [0.1, 0.15) is 11.2 Å². The van der Waals surface area contributed by atoms with E-state index in [1.165, 1.54) is 6.20 Å². The van der Waals surface area contributed by atoms with Crippen molar-refractivity contribution in [2.24, 2.45) is 5.92 Å². The van der Waals surface area contributed by atoms with Crippen LogP contribution in [-0.4, -0.2) is 38.4 Å². The Morgan fingerprint density at radius 1 is 1.32 bits per heavy atom. The van der Waals surface area contributed by atoms with Crippen LogP contribution >= 0.6 is 0 Å². The molecule has 1 N–H and O–H groups in total. The minimum atomic E-state index is -2.59. The Balaban J connectivity index is 1.59. The summed E-state index contributed by atoms with van der Waals surface area (Å²) in [5.74, 6) is -1.62. The van der Waals surface area contributed by atoms with Gasteiger partial charge in [-0.25, -0.2) is 18.4 Å². The van der Waals surface area contributed by atoms with E-state index in [9.17, 15) is 13.6 Å².